The van der Waals surface area contributed by atoms with Crippen LogP contribution in [-0.2, 0) is 13.0 Å². The number of nitrogen functional groups attached to an aromatic ring is 1. The van der Waals surface area contributed by atoms with Crippen LogP contribution in [0.15, 0.2) is 42.7 Å². The monoisotopic (exact) mass is 543 g/mol. The van der Waals surface area contributed by atoms with Crippen LogP contribution in [0.4, 0.5) is 23.0 Å². The Morgan fingerprint density at radius 2 is 2.02 bits per heavy atom. The van der Waals surface area contributed by atoms with Crippen molar-refractivity contribution in [2.75, 3.05) is 44.4 Å². The number of nitro groups is 1. The second-order valence-electron chi connectivity index (χ2n) is 10.3. The highest BCUT2D eigenvalue weighted by atomic mass is 16.6. The minimum atomic E-state index is -0.509. The number of hydrogen-bond donors (Lipinski definition) is 3. The van der Waals surface area contributed by atoms with Gasteiger partial charge in [-0.25, -0.2) is 15.8 Å². The molecule has 0 spiro atoms. The van der Waals surface area contributed by atoms with E-state index in [2.05, 4.69) is 26.4 Å². The molecule has 3 heterocycles. The first-order chi connectivity index (χ1) is 19.2. The zero-order chi connectivity index (χ0) is 28.6. The van der Waals surface area contributed by atoms with E-state index in [0.29, 0.717) is 23.6 Å². The standard InChI is InChI=1S/C28H33N9O3/c1-17-13-23(35(4)12-11-34(2)3)24(37(39)40)14-22(17)31-28-30-15-20(27(38)33-29)25(32-28)21-16-36-10-6-8-18-7-5-9-19(21)26(18)36/h5,7,9,13-16H,6,8,10-12,29H2,1-4H3,(H,33,38)(H,30,31,32). The fourth-order valence-corrected chi connectivity index (χ4v) is 5.19. The van der Waals surface area contributed by atoms with Crippen LogP contribution < -0.4 is 21.5 Å². The molecule has 1 amide bonds. The van der Waals surface area contributed by atoms with Gasteiger partial charge in [0.05, 0.1) is 27.4 Å². The van der Waals surface area contributed by atoms with Crippen molar-refractivity contribution < 1.29 is 9.72 Å². The van der Waals surface area contributed by atoms with Gasteiger partial charge >= 0.3 is 0 Å². The maximum Gasteiger partial charge on any atom is 0.294 e. The highest BCUT2D eigenvalue weighted by molar-refractivity contribution is 6.05. The quantitative estimate of drug-likeness (QED) is 0.125. The normalized spacial score (nSPS) is 12.6. The van der Waals surface area contributed by atoms with Gasteiger partial charge in [-0.05, 0) is 51.1 Å². The van der Waals surface area contributed by atoms with E-state index in [0.717, 1.165) is 48.0 Å². The lowest BCUT2D eigenvalue weighted by Crippen LogP contribution is -2.30. The number of hydrogen-bond acceptors (Lipinski definition) is 9. The molecule has 40 heavy (non-hydrogen) atoms. The van der Waals surface area contributed by atoms with Crippen molar-refractivity contribution in [2.24, 2.45) is 5.84 Å². The number of nitro benzene ring substituents is 1. The SMILES string of the molecule is Cc1cc(N(C)CCN(C)C)c([N+](=O)[O-])cc1Nc1ncc(C(=O)NN)c(-c2cn3c4c(cccc24)CCC3)n1. The molecule has 1 aliphatic rings. The number of rotatable bonds is 9. The van der Waals surface area contributed by atoms with E-state index < -0.39 is 5.91 Å². The molecule has 0 unspecified atom stereocenters. The molecule has 4 aromatic rings. The van der Waals surface area contributed by atoms with Crippen LogP contribution in [0.3, 0.4) is 0 Å². The molecule has 0 saturated heterocycles. The topological polar surface area (TPSA) is 147 Å². The highest BCUT2D eigenvalue weighted by Crippen LogP contribution is 2.37. The van der Waals surface area contributed by atoms with Crippen molar-refractivity contribution in [3.8, 4) is 11.3 Å². The number of carbonyl (C=O) groups is 1. The third-order valence-corrected chi connectivity index (χ3v) is 7.31. The highest BCUT2D eigenvalue weighted by Gasteiger charge is 2.24. The maximum absolute atomic E-state index is 12.7. The molecular formula is C28H33N9O3. The van der Waals surface area contributed by atoms with Gasteiger partial charge in [-0.15, -0.1) is 0 Å². The first-order valence-corrected chi connectivity index (χ1v) is 13.1. The van der Waals surface area contributed by atoms with Crippen molar-refractivity contribution in [3.63, 3.8) is 0 Å². The van der Waals surface area contributed by atoms with E-state index in [1.165, 1.54) is 17.8 Å². The predicted molar refractivity (Wildman–Crippen MR) is 156 cm³/mol. The summed E-state index contributed by atoms with van der Waals surface area (Å²) in [5.41, 5.74) is 7.83. The van der Waals surface area contributed by atoms with Crippen LogP contribution in [0.2, 0.25) is 0 Å². The molecule has 12 nitrogen and oxygen atoms in total. The third kappa shape index (κ3) is 5.06. The van der Waals surface area contributed by atoms with Crippen LogP contribution in [0, 0.1) is 17.0 Å². The molecule has 5 rings (SSSR count). The molecule has 208 valence electrons. The van der Waals surface area contributed by atoms with Crippen molar-refractivity contribution in [1.29, 1.82) is 0 Å². The number of likely N-dealkylation sites (N-methyl/N-ethyl adjacent to an activating group) is 2. The molecule has 4 N–H and O–H groups in total. The summed E-state index contributed by atoms with van der Waals surface area (Å²) in [6.45, 7) is 4.13. The summed E-state index contributed by atoms with van der Waals surface area (Å²) in [5, 5.41) is 16.1. The van der Waals surface area contributed by atoms with E-state index in [1.54, 1.807) is 6.07 Å². The first kappa shape index (κ1) is 27.0. The summed E-state index contributed by atoms with van der Waals surface area (Å²) in [7, 11) is 5.76. The van der Waals surface area contributed by atoms with Crippen LogP contribution in [0.1, 0.15) is 27.9 Å². The molecule has 0 bridgehead atoms. The second-order valence-corrected chi connectivity index (χ2v) is 10.3. The Hall–Kier alpha value is -4.55. The average Bonchev–Trinajstić information content (AvgIpc) is 3.32. The van der Waals surface area contributed by atoms with Crippen LogP contribution in [0.5, 0.6) is 0 Å². The number of carbonyl (C=O) groups excluding carboxylic acids is 1. The van der Waals surface area contributed by atoms with Crippen LogP contribution in [-0.4, -0.2) is 64.5 Å². The Morgan fingerprint density at radius 3 is 2.75 bits per heavy atom. The van der Waals surface area contributed by atoms with Crippen molar-refractivity contribution in [1.82, 2.24) is 24.9 Å². The predicted octanol–water partition coefficient (Wildman–Crippen LogP) is 3.61. The minimum Gasteiger partial charge on any atom is -0.368 e. The van der Waals surface area contributed by atoms with Gasteiger partial charge in [0, 0.05) is 56.1 Å². The number of aryl methyl sites for hydroxylation is 3. The average molecular weight is 544 g/mol. The lowest BCUT2D eigenvalue weighted by molar-refractivity contribution is -0.384. The molecule has 1 aliphatic heterocycles. The number of nitrogens with zero attached hydrogens (tertiary/aromatic N) is 6. The number of benzene rings is 2. The maximum atomic E-state index is 12.7. The van der Waals surface area contributed by atoms with Gasteiger partial charge in [0.15, 0.2) is 0 Å². The van der Waals surface area contributed by atoms with Gasteiger partial charge in [-0.1, -0.05) is 18.2 Å². The number of nitrogens with one attached hydrogen (secondary N) is 2. The fraction of sp³-hybridized carbons (Fsp3) is 0.321. The number of hydrazine groups is 1. The first-order valence-electron chi connectivity index (χ1n) is 13.1. The van der Waals surface area contributed by atoms with Gasteiger partial charge < -0.3 is 19.7 Å². The lowest BCUT2D eigenvalue weighted by atomic mass is 10.0. The largest absolute Gasteiger partial charge is 0.368 e. The molecule has 0 fully saturated rings. The number of amides is 1. The molecule has 12 heteroatoms. The summed E-state index contributed by atoms with van der Waals surface area (Å²) in [4.78, 5) is 37.3. The van der Waals surface area contributed by atoms with Gasteiger partial charge in [0.2, 0.25) is 5.95 Å². The Labute approximate surface area is 231 Å². The van der Waals surface area contributed by atoms with E-state index >= 15 is 0 Å². The Morgan fingerprint density at radius 1 is 1.23 bits per heavy atom. The molecule has 0 atom stereocenters. The Kier molecular flexibility index (Phi) is 7.37. The Bertz CT molecular complexity index is 1610. The summed E-state index contributed by atoms with van der Waals surface area (Å²) in [5.74, 6) is 5.19. The molecule has 0 aliphatic carbocycles. The molecule has 0 radical (unpaired) electrons. The van der Waals surface area contributed by atoms with E-state index in [4.69, 9.17) is 10.8 Å². The number of anilines is 3. The lowest BCUT2D eigenvalue weighted by Gasteiger charge is -2.22. The zero-order valence-corrected chi connectivity index (χ0v) is 23.1. The molecule has 0 saturated carbocycles. The summed E-state index contributed by atoms with van der Waals surface area (Å²) in [6.07, 6.45) is 5.46. The van der Waals surface area contributed by atoms with Gasteiger partial charge in [-0.3, -0.25) is 20.3 Å². The van der Waals surface area contributed by atoms with Crippen LogP contribution in [0.25, 0.3) is 22.2 Å². The summed E-state index contributed by atoms with van der Waals surface area (Å²) >= 11 is 0. The van der Waals surface area contributed by atoms with E-state index in [9.17, 15) is 14.9 Å². The minimum absolute atomic E-state index is 0.0253. The number of para-hydroxylation sites is 1. The van der Waals surface area contributed by atoms with Crippen LogP contribution >= 0.6 is 0 Å². The number of nitrogens with two attached hydrogens (primary N) is 1. The zero-order valence-electron chi connectivity index (χ0n) is 23.1. The van der Waals surface area contributed by atoms with Crippen molar-refractivity contribution in [3.05, 3.63) is 69.5 Å². The third-order valence-electron chi connectivity index (χ3n) is 7.31. The smallest absolute Gasteiger partial charge is 0.294 e. The van der Waals surface area contributed by atoms with Gasteiger partial charge in [-0.2, -0.15) is 0 Å². The van der Waals surface area contributed by atoms with Crippen molar-refractivity contribution >= 4 is 39.8 Å². The Balaban J connectivity index is 1.57. The number of aromatic nitrogens is 3. The van der Waals surface area contributed by atoms with Crippen molar-refractivity contribution in [2.45, 2.75) is 26.3 Å². The molecular weight excluding hydrogens is 510 g/mol. The van der Waals surface area contributed by atoms with Gasteiger partial charge in [0.1, 0.15) is 5.69 Å². The molecule has 2 aromatic carbocycles. The summed E-state index contributed by atoms with van der Waals surface area (Å²) in [6, 6.07) is 9.45. The summed E-state index contributed by atoms with van der Waals surface area (Å²) < 4.78 is 2.20. The molecule has 2 aromatic heterocycles. The van der Waals surface area contributed by atoms with E-state index in [1.807, 2.05) is 56.2 Å². The van der Waals surface area contributed by atoms with Gasteiger partial charge in [0.25, 0.3) is 11.6 Å². The second kappa shape index (κ2) is 10.9. The van der Waals surface area contributed by atoms with E-state index in [-0.39, 0.29) is 22.1 Å². The fourth-order valence-electron chi connectivity index (χ4n) is 5.19.